The SMILES string of the molecule is CNCCCCCC(=N)/C=C(\Nc1ccc(N2CCC(F)(F)C2)cc1F)c1ccc(C#N)c(F)c1. The van der Waals surface area contributed by atoms with Gasteiger partial charge in [0.05, 0.1) is 17.8 Å². The summed E-state index contributed by atoms with van der Waals surface area (Å²) in [5.74, 6) is -4.17. The molecule has 1 aliphatic heterocycles. The topological polar surface area (TPSA) is 74.9 Å². The first-order valence-corrected chi connectivity index (χ1v) is 11.6. The highest BCUT2D eigenvalue weighted by molar-refractivity contribution is 6.00. The van der Waals surface area contributed by atoms with E-state index < -0.39 is 24.1 Å². The summed E-state index contributed by atoms with van der Waals surface area (Å²) < 4.78 is 56.3. The second-order valence-electron chi connectivity index (χ2n) is 8.62. The summed E-state index contributed by atoms with van der Waals surface area (Å²) in [6, 6.07) is 9.96. The number of nitrogens with zero attached hydrogens (tertiary/aromatic N) is 2. The Balaban J connectivity index is 1.82. The fourth-order valence-corrected chi connectivity index (χ4v) is 3.91. The molecule has 186 valence electrons. The van der Waals surface area contributed by atoms with Crippen LogP contribution in [0.25, 0.3) is 5.70 Å². The zero-order valence-corrected chi connectivity index (χ0v) is 19.6. The second kappa shape index (κ2) is 11.8. The predicted molar refractivity (Wildman–Crippen MR) is 131 cm³/mol. The summed E-state index contributed by atoms with van der Waals surface area (Å²) >= 11 is 0. The first kappa shape index (κ1) is 26.2. The van der Waals surface area contributed by atoms with Gasteiger partial charge < -0.3 is 20.9 Å². The van der Waals surface area contributed by atoms with Crippen LogP contribution in [0.3, 0.4) is 0 Å². The number of unbranched alkanes of at least 4 members (excludes halogenated alkanes) is 2. The molecule has 5 nitrogen and oxygen atoms in total. The summed E-state index contributed by atoms with van der Waals surface area (Å²) in [6.45, 7) is 0.575. The van der Waals surface area contributed by atoms with E-state index in [2.05, 4.69) is 10.6 Å². The average molecular weight is 488 g/mol. The zero-order valence-electron chi connectivity index (χ0n) is 19.6. The number of hydrogen-bond donors (Lipinski definition) is 3. The molecule has 1 aliphatic rings. The van der Waals surface area contributed by atoms with Gasteiger partial charge in [-0.3, -0.25) is 0 Å². The van der Waals surface area contributed by atoms with E-state index in [9.17, 15) is 17.6 Å². The van der Waals surface area contributed by atoms with Gasteiger partial charge in [0.1, 0.15) is 17.7 Å². The lowest BCUT2D eigenvalue weighted by Gasteiger charge is -2.20. The van der Waals surface area contributed by atoms with Crippen LogP contribution in [-0.4, -0.2) is 38.3 Å². The Labute approximate surface area is 203 Å². The fourth-order valence-electron chi connectivity index (χ4n) is 3.91. The Morgan fingerprint density at radius 1 is 1.14 bits per heavy atom. The Morgan fingerprint density at radius 2 is 1.94 bits per heavy atom. The number of rotatable bonds is 11. The molecule has 2 aromatic carbocycles. The van der Waals surface area contributed by atoms with E-state index in [1.165, 1.54) is 35.2 Å². The van der Waals surface area contributed by atoms with E-state index in [-0.39, 0.29) is 29.9 Å². The predicted octanol–water partition coefficient (Wildman–Crippen LogP) is 5.93. The smallest absolute Gasteiger partial charge is 0.266 e. The summed E-state index contributed by atoms with van der Waals surface area (Å²) in [5.41, 5.74) is 1.24. The molecule has 1 heterocycles. The van der Waals surface area contributed by atoms with Gasteiger partial charge >= 0.3 is 0 Å². The zero-order chi connectivity index (χ0) is 25.4. The van der Waals surface area contributed by atoms with E-state index in [1.54, 1.807) is 12.1 Å². The van der Waals surface area contributed by atoms with Crippen LogP contribution < -0.4 is 15.5 Å². The summed E-state index contributed by atoms with van der Waals surface area (Å²) in [4.78, 5) is 1.43. The number of nitrogens with one attached hydrogen (secondary N) is 3. The molecule has 0 bridgehead atoms. The molecule has 3 N–H and O–H groups in total. The van der Waals surface area contributed by atoms with E-state index in [0.29, 0.717) is 23.4 Å². The third-order valence-electron chi connectivity index (χ3n) is 5.85. The van der Waals surface area contributed by atoms with Crippen molar-refractivity contribution in [3.8, 4) is 6.07 Å². The number of allylic oxidation sites excluding steroid dienone is 1. The van der Waals surface area contributed by atoms with Gasteiger partial charge in [0.15, 0.2) is 0 Å². The number of nitriles is 1. The van der Waals surface area contributed by atoms with Gasteiger partial charge in [-0.1, -0.05) is 12.5 Å². The van der Waals surface area contributed by atoms with Crippen molar-refractivity contribution in [2.24, 2.45) is 0 Å². The van der Waals surface area contributed by atoms with Crippen molar-refractivity contribution in [3.05, 3.63) is 65.2 Å². The maximum atomic E-state index is 14.9. The van der Waals surface area contributed by atoms with Crippen LogP contribution in [0, 0.1) is 28.4 Å². The minimum Gasteiger partial charge on any atom is -0.365 e. The van der Waals surface area contributed by atoms with Gasteiger partial charge in [-0.05, 0) is 69.3 Å². The van der Waals surface area contributed by atoms with Gasteiger partial charge in [-0.15, -0.1) is 0 Å². The van der Waals surface area contributed by atoms with E-state index in [4.69, 9.17) is 10.7 Å². The maximum Gasteiger partial charge on any atom is 0.266 e. The molecule has 0 aromatic heterocycles. The molecule has 0 aliphatic carbocycles. The number of alkyl halides is 2. The standard InChI is InChI=1S/C26H29F4N5/c1-33-11-4-2-3-5-20(32)14-25(18-6-7-19(16-31)22(27)13-18)34-24-9-8-21(15-23(24)28)35-12-10-26(29,30)17-35/h6-9,13-15,32-34H,2-5,10-12,17H2,1H3/b25-14-,32-20?. The highest BCUT2D eigenvalue weighted by Crippen LogP contribution is 2.33. The molecule has 2 aromatic rings. The van der Waals surface area contributed by atoms with Gasteiger partial charge in [0, 0.05) is 35.6 Å². The normalized spacial score (nSPS) is 15.2. The molecule has 0 radical (unpaired) electrons. The molecule has 1 saturated heterocycles. The second-order valence-corrected chi connectivity index (χ2v) is 8.62. The first-order chi connectivity index (χ1) is 16.7. The molecule has 9 heteroatoms. The van der Waals surface area contributed by atoms with Crippen LogP contribution in [0.5, 0.6) is 0 Å². The van der Waals surface area contributed by atoms with Crippen LogP contribution in [0.2, 0.25) is 0 Å². The van der Waals surface area contributed by atoms with E-state index in [1.807, 2.05) is 7.05 Å². The van der Waals surface area contributed by atoms with Gasteiger partial charge in [-0.2, -0.15) is 5.26 Å². The maximum absolute atomic E-state index is 14.9. The van der Waals surface area contributed by atoms with E-state index in [0.717, 1.165) is 31.9 Å². The summed E-state index contributed by atoms with van der Waals surface area (Å²) in [7, 11) is 1.88. The molecule has 0 saturated carbocycles. The van der Waals surface area contributed by atoms with Gasteiger partial charge in [0.2, 0.25) is 0 Å². The minimum atomic E-state index is -2.80. The number of benzene rings is 2. The van der Waals surface area contributed by atoms with Crippen LogP contribution in [0.1, 0.15) is 43.2 Å². The lowest BCUT2D eigenvalue weighted by molar-refractivity contribution is 0.0257. The third kappa shape index (κ3) is 7.30. The molecule has 35 heavy (non-hydrogen) atoms. The quantitative estimate of drug-likeness (QED) is 0.209. The fraction of sp³-hybridized carbons (Fsp3) is 0.385. The van der Waals surface area contributed by atoms with Crippen LogP contribution in [0.4, 0.5) is 28.9 Å². The Bertz CT molecular complexity index is 1120. The summed E-state index contributed by atoms with van der Waals surface area (Å²) in [6.07, 6.45) is 4.47. The summed E-state index contributed by atoms with van der Waals surface area (Å²) in [5, 5.41) is 23.3. The van der Waals surface area contributed by atoms with Crippen molar-refractivity contribution in [1.29, 1.82) is 10.7 Å². The molecular formula is C26H29F4N5. The lowest BCUT2D eigenvalue weighted by Crippen LogP contribution is -2.24. The lowest BCUT2D eigenvalue weighted by atomic mass is 10.0. The Kier molecular flexibility index (Phi) is 8.88. The van der Waals surface area contributed by atoms with E-state index >= 15 is 0 Å². The van der Waals surface area contributed by atoms with Gasteiger partial charge in [0.25, 0.3) is 5.92 Å². The Hall–Kier alpha value is -3.38. The molecule has 1 fully saturated rings. The Morgan fingerprint density at radius 3 is 2.57 bits per heavy atom. The first-order valence-electron chi connectivity index (χ1n) is 11.6. The molecule has 0 unspecified atom stereocenters. The van der Waals surface area contributed by atoms with Crippen molar-refractivity contribution < 1.29 is 17.6 Å². The molecule has 0 spiro atoms. The van der Waals surface area contributed by atoms with Crippen LogP contribution in [0.15, 0.2) is 42.5 Å². The third-order valence-corrected chi connectivity index (χ3v) is 5.85. The molecule has 0 atom stereocenters. The van der Waals surface area contributed by atoms with Crippen LogP contribution in [-0.2, 0) is 0 Å². The van der Waals surface area contributed by atoms with Crippen molar-refractivity contribution in [1.82, 2.24) is 5.32 Å². The highest BCUT2D eigenvalue weighted by Gasteiger charge is 2.38. The molecule has 0 amide bonds. The van der Waals surface area contributed by atoms with Gasteiger partial charge in [-0.25, -0.2) is 17.6 Å². The minimum absolute atomic E-state index is 0.0672. The molecule has 3 rings (SSSR count). The largest absolute Gasteiger partial charge is 0.365 e. The van der Waals surface area contributed by atoms with Crippen molar-refractivity contribution in [2.75, 3.05) is 36.9 Å². The number of anilines is 2. The monoisotopic (exact) mass is 487 g/mol. The van der Waals surface area contributed by atoms with Crippen molar-refractivity contribution >= 4 is 22.8 Å². The average Bonchev–Trinajstić information content (AvgIpc) is 3.19. The highest BCUT2D eigenvalue weighted by atomic mass is 19.3. The number of hydrogen-bond acceptors (Lipinski definition) is 5. The van der Waals surface area contributed by atoms with Crippen LogP contribution >= 0.6 is 0 Å². The molecular weight excluding hydrogens is 458 g/mol. The number of halogens is 4. The van der Waals surface area contributed by atoms with Crippen molar-refractivity contribution in [3.63, 3.8) is 0 Å². The van der Waals surface area contributed by atoms with Crippen molar-refractivity contribution in [2.45, 2.75) is 38.0 Å².